The lowest BCUT2D eigenvalue weighted by atomic mass is 10.1. The summed E-state index contributed by atoms with van der Waals surface area (Å²) < 4.78 is 0. The second-order valence-electron chi connectivity index (χ2n) is 4.73. The Morgan fingerprint density at radius 1 is 1.40 bits per heavy atom. The molecule has 0 aliphatic rings. The molecular formula is C12H20N2S. The van der Waals surface area contributed by atoms with E-state index in [1.165, 1.54) is 0 Å². The van der Waals surface area contributed by atoms with Gasteiger partial charge in [0.2, 0.25) is 0 Å². The van der Waals surface area contributed by atoms with Crippen LogP contribution in [0.15, 0.2) is 29.4 Å². The average molecular weight is 224 g/mol. The molecule has 1 aromatic rings. The number of hydrogen-bond donors (Lipinski definition) is 1. The zero-order valence-corrected chi connectivity index (χ0v) is 10.8. The highest BCUT2D eigenvalue weighted by atomic mass is 32.2. The first-order chi connectivity index (χ1) is 6.97. The fourth-order valence-corrected chi connectivity index (χ4v) is 1.97. The van der Waals surface area contributed by atoms with Crippen molar-refractivity contribution < 1.29 is 0 Å². The maximum Gasteiger partial charge on any atom is 0.0962 e. The minimum Gasteiger partial charge on any atom is -0.311 e. The van der Waals surface area contributed by atoms with Crippen molar-refractivity contribution in [2.75, 3.05) is 6.54 Å². The average Bonchev–Trinajstić information content (AvgIpc) is 2.15. The third kappa shape index (κ3) is 5.80. The van der Waals surface area contributed by atoms with E-state index in [2.05, 4.69) is 44.1 Å². The quantitative estimate of drug-likeness (QED) is 0.796. The van der Waals surface area contributed by atoms with Gasteiger partial charge >= 0.3 is 0 Å². The Morgan fingerprint density at radius 2 is 2.13 bits per heavy atom. The van der Waals surface area contributed by atoms with Gasteiger partial charge in [0.05, 0.1) is 5.03 Å². The topological polar surface area (TPSA) is 24.9 Å². The van der Waals surface area contributed by atoms with Gasteiger partial charge in [-0.15, -0.1) is 11.8 Å². The molecule has 1 N–H and O–H groups in total. The largest absolute Gasteiger partial charge is 0.311 e. The van der Waals surface area contributed by atoms with E-state index in [0.29, 0.717) is 5.25 Å². The van der Waals surface area contributed by atoms with Gasteiger partial charge in [-0.3, -0.25) is 0 Å². The summed E-state index contributed by atoms with van der Waals surface area (Å²) in [4.78, 5) is 4.30. The van der Waals surface area contributed by atoms with E-state index >= 15 is 0 Å². The van der Waals surface area contributed by atoms with Crippen molar-refractivity contribution in [3.8, 4) is 0 Å². The molecule has 0 bridgehead atoms. The molecule has 0 aliphatic heterocycles. The van der Waals surface area contributed by atoms with E-state index in [9.17, 15) is 0 Å². The summed E-state index contributed by atoms with van der Waals surface area (Å²) in [7, 11) is 0. The zero-order valence-electron chi connectivity index (χ0n) is 9.95. The molecule has 0 saturated heterocycles. The summed E-state index contributed by atoms with van der Waals surface area (Å²) >= 11 is 1.81. The first-order valence-corrected chi connectivity index (χ1v) is 6.18. The Balaban J connectivity index is 2.34. The molecule has 0 radical (unpaired) electrons. The lowest BCUT2D eigenvalue weighted by molar-refractivity contribution is 0.429. The Kier molecular flexibility index (Phi) is 4.61. The molecule has 1 heterocycles. The molecule has 2 nitrogen and oxygen atoms in total. The van der Waals surface area contributed by atoms with E-state index in [1.807, 2.05) is 30.1 Å². The Hall–Kier alpha value is -0.540. The summed E-state index contributed by atoms with van der Waals surface area (Å²) in [5.41, 5.74) is 0.193. The molecule has 0 saturated carbocycles. The van der Waals surface area contributed by atoms with Gasteiger partial charge in [-0.1, -0.05) is 13.0 Å². The summed E-state index contributed by atoms with van der Waals surface area (Å²) in [5, 5.41) is 5.13. The minimum atomic E-state index is 0.193. The highest BCUT2D eigenvalue weighted by Crippen LogP contribution is 2.20. The molecule has 1 unspecified atom stereocenters. The van der Waals surface area contributed by atoms with Crippen molar-refractivity contribution >= 4 is 11.8 Å². The maximum absolute atomic E-state index is 4.30. The van der Waals surface area contributed by atoms with Crippen molar-refractivity contribution in [3.63, 3.8) is 0 Å². The number of rotatable bonds is 4. The van der Waals surface area contributed by atoms with Crippen LogP contribution in [0.2, 0.25) is 0 Å². The van der Waals surface area contributed by atoms with Crippen molar-refractivity contribution in [1.82, 2.24) is 10.3 Å². The molecule has 84 valence electrons. The molecule has 1 rings (SSSR count). The second-order valence-corrected chi connectivity index (χ2v) is 6.19. The summed E-state index contributed by atoms with van der Waals surface area (Å²) in [6.07, 6.45) is 1.84. The third-order valence-corrected chi connectivity index (χ3v) is 2.93. The predicted octanol–water partition coefficient (Wildman–Crippen LogP) is 2.95. The number of pyridine rings is 1. The highest BCUT2D eigenvalue weighted by Gasteiger charge is 2.11. The van der Waals surface area contributed by atoms with Crippen molar-refractivity contribution in [2.45, 2.75) is 43.5 Å². The smallest absolute Gasteiger partial charge is 0.0962 e. The van der Waals surface area contributed by atoms with Crippen LogP contribution in [-0.4, -0.2) is 22.3 Å². The first-order valence-electron chi connectivity index (χ1n) is 5.30. The van der Waals surface area contributed by atoms with Gasteiger partial charge < -0.3 is 5.32 Å². The van der Waals surface area contributed by atoms with E-state index < -0.39 is 0 Å². The number of thioether (sulfide) groups is 1. The highest BCUT2D eigenvalue weighted by molar-refractivity contribution is 7.99. The van der Waals surface area contributed by atoms with Crippen LogP contribution in [0, 0.1) is 0 Å². The van der Waals surface area contributed by atoms with Crippen LogP contribution < -0.4 is 5.32 Å². The van der Waals surface area contributed by atoms with Crippen LogP contribution in [0.5, 0.6) is 0 Å². The minimum absolute atomic E-state index is 0.193. The lowest BCUT2D eigenvalue weighted by Gasteiger charge is -2.23. The second kappa shape index (κ2) is 5.52. The molecule has 3 heteroatoms. The summed E-state index contributed by atoms with van der Waals surface area (Å²) in [6, 6.07) is 6.03. The fraction of sp³-hybridized carbons (Fsp3) is 0.583. The van der Waals surface area contributed by atoms with Crippen LogP contribution in [-0.2, 0) is 0 Å². The van der Waals surface area contributed by atoms with Crippen molar-refractivity contribution in [1.29, 1.82) is 0 Å². The van der Waals surface area contributed by atoms with Crippen molar-refractivity contribution in [3.05, 3.63) is 24.4 Å². The van der Waals surface area contributed by atoms with Crippen LogP contribution in [0.3, 0.4) is 0 Å². The molecular weight excluding hydrogens is 204 g/mol. The number of nitrogens with one attached hydrogen (secondary N) is 1. The molecule has 0 spiro atoms. The summed E-state index contributed by atoms with van der Waals surface area (Å²) in [6.45, 7) is 9.78. The van der Waals surface area contributed by atoms with Gasteiger partial charge in [0.1, 0.15) is 0 Å². The monoisotopic (exact) mass is 224 g/mol. The molecule has 0 fully saturated rings. The maximum atomic E-state index is 4.30. The van der Waals surface area contributed by atoms with E-state index in [4.69, 9.17) is 0 Å². The van der Waals surface area contributed by atoms with Gasteiger partial charge in [-0.05, 0) is 32.9 Å². The van der Waals surface area contributed by atoms with Gasteiger partial charge in [-0.2, -0.15) is 0 Å². The van der Waals surface area contributed by atoms with Gasteiger partial charge in [0.15, 0.2) is 0 Å². The Labute approximate surface area is 96.9 Å². The molecule has 1 atom stereocenters. The number of nitrogens with zero attached hydrogens (tertiary/aromatic N) is 1. The normalized spacial score (nSPS) is 13.9. The van der Waals surface area contributed by atoms with Crippen molar-refractivity contribution in [2.24, 2.45) is 0 Å². The standard InChI is InChI=1S/C12H20N2S/c1-10(9-14-12(2,3)4)15-11-7-5-6-8-13-11/h5-8,10,14H,9H2,1-4H3. The lowest BCUT2D eigenvalue weighted by Crippen LogP contribution is -2.39. The molecule has 0 amide bonds. The van der Waals surface area contributed by atoms with E-state index in [-0.39, 0.29) is 5.54 Å². The van der Waals surface area contributed by atoms with Crippen LogP contribution in [0.4, 0.5) is 0 Å². The van der Waals surface area contributed by atoms with E-state index in [1.54, 1.807) is 0 Å². The zero-order chi connectivity index (χ0) is 11.3. The fourth-order valence-electron chi connectivity index (χ4n) is 1.11. The molecule has 0 aliphatic carbocycles. The molecule has 15 heavy (non-hydrogen) atoms. The molecule has 0 aromatic carbocycles. The van der Waals surface area contributed by atoms with Gasteiger partial charge in [0, 0.05) is 23.5 Å². The Bertz CT molecular complexity index is 279. The summed E-state index contributed by atoms with van der Waals surface area (Å²) in [5.74, 6) is 0. The van der Waals surface area contributed by atoms with Gasteiger partial charge in [-0.25, -0.2) is 4.98 Å². The van der Waals surface area contributed by atoms with Gasteiger partial charge in [0.25, 0.3) is 0 Å². The predicted molar refractivity (Wildman–Crippen MR) is 67.3 cm³/mol. The SMILES string of the molecule is CC(CNC(C)(C)C)Sc1ccccn1. The van der Waals surface area contributed by atoms with E-state index in [0.717, 1.165) is 11.6 Å². The number of aromatic nitrogens is 1. The Morgan fingerprint density at radius 3 is 2.67 bits per heavy atom. The van der Waals surface area contributed by atoms with Crippen LogP contribution in [0.1, 0.15) is 27.7 Å². The third-order valence-electron chi connectivity index (χ3n) is 1.88. The first kappa shape index (κ1) is 12.5. The van der Waals surface area contributed by atoms with Crippen LogP contribution in [0.25, 0.3) is 0 Å². The number of hydrogen-bond acceptors (Lipinski definition) is 3. The van der Waals surface area contributed by atoms with Crippen LogP contribution >= 0.6 is 11.8 Å². The molecule has 1 aromatic heterocycles.